The van der Waals surface area contributed by atoms with Crippen molar-refractivity contribution in [2.24, 2.45) is 23.2 Å². The van der Waals surface area contributed by atoms with Gasteiger partial charge in [-0.15, -0.1) is 0 Å². The second-order valence-corrected chi connectivity index (χ2v) is 17.6. The van der Waals surface area contributed by atoms with Crippen LogP contribution in [0.5, 0.6) is 5.75 Å². The van der Waals surface area contributed by atoms with Crippen molar-refractivity contribution in [3.05, 3.63) is 76.8 Å². The second kappa shape index (κ2) is 17.7. The third kappa shape index (κ3) is 9.56. The number of Topliss-reactive ketones (excluding diaryl/α,β-unsaturated/α-hetero) is 1. The number of carbonyl (C=O) groups is 2. The minimum absolute atomic E-state index is 0.00541. The summed E-state index contributed by atoms with van der Waals surface area (Å²) in [6.45, 7) is 5.12. The van der Waals surface area contributed by atoms with Crippen molar-refractivity contribution in [2.75, 3.05) is 70.7 Å². The summed E-state index contributed by atoms with van der Waals surface area (Å²) in [4.78, 5) is 33.9. The largest absolute Gasteiger partial charge is 0.491 e. The van der Waals surface area contributed by atoms with Crippen molar-refractivity contribution in [3.63, 3.8) is 0 Å². The maximum Gasteiger partial charge on any atom is 0.248 e. The fraction of sp³-hybridized carbons (Fsp3) is 0.605. The van der Waals surface area contributed by atoms with E-state index in [1.165, 1.54) is 38.5 Å². The van der Waals surface area contributed by atoms with Gasteiger partial charge in [-0.05, 0) is 105 Å². The SMILES string of the molecule is O=C(CCCOCCOCC(=O)N1CCN(c2ccc(OC[C@H]3CO[C@](Cn4ccnc4)(c4ccc(Cl)cc4Cl)O3)cc2)CC1)CC12CC3CC(CC(C3)C1)C2. The number of carbonyl (C=O) groups excluding carboxylic acids is 2. The summed E-state index contributed by atoms with van der Waals surface area (Å²) in [5, 5.41) is 1.00. The van der Waals surface area contributed by atoms with Crippen LogP contribution in [0.2, 0.25) is 10.0 Å². The van der Waals surface area contributed by atoms with Gasteiger partial charge in [-0.1, -0.05) is 29.3 Å². The van der Waals surface area contributed by atoms with Crippen LogP contribution in [0.25, 0.3) is 0 Å². The number of imidazole rings is 1. The molecular weight excluding hydrogens is 755 g/mol. The van der Waals surface area contributed by atoms with Crippen LogP contribution in [0.15, 0.2) is 61.2 Å². The lowest BCUT2D eigenvalue weighted by Gasteiger charge is -2.56. The number of ether oxygens (including phenoxy) is 5. The van der Waals surface area contributed by atoms with Gasteiger partial charge >= 0.3 is 0 Å². The lowest BCUT2D eigenvalue weighted by Crippen LogP contribution is -2.49. The van der Waals surface area contributed by atoms with Crippen molar-refractivity contribution in [1.82, 2.24) is 14.5 Å². The predicted octanol–water partition coefficient (Wildman–Crippen LogP) is 7.17. The number of benzene rings is 2. The molecule has 56 heavy (non-hydrogen) atoms. The molecule has 3 aromatic rings. The van der Waals surface area contributed by atoms with E-state index in [2.05, 4.69) is 9.88 Å². The molecule has 4 saturated carbocycles. The van der Waals surface area contributed by atoms with Crippen LogP contribution in [0.1, 0.15) is 63.4 Å². The van der Waals surface area contributed by atoms with Crippen molar-refractivity contribution in [3.8, 4) is 5.75 Å². The smallest absolute Gasteiger partial charge is 0.248 e. The van der Waals surface area contributed by atoms with Gasteiger partial charge in [-0.25, -0.2) is 4.98 Å². The topological polar surface area (TPSA) is 105 Å². The number of hydrogen-bond acceptors (Lipinski definition) is 9. The molecular formula is C43H54Cl2N4O7. The molecule has 0 N–H and O–H groups in total. The Balaban J connectivity index is 0.695. The third-order valence-electron chi connectivity index (χ3n) is 12.5. The monoisotopic (exact) mass is 808 g/mol. The summed E-state index contributed by atoms with van der Waals surface area (Å²) >= 11 is 12.8. The van der Waals surface area contributed by atoms with Crippen LogP contribution in [0.3, 0.4) is 0 Å². The van der Waals surface area contributed by atoms with Crippen molar-refractivity contribution < 1.29 is 33.3 Å². The van der Waals surface area contributed by atoms with E-state index in [4.69, 9.17) is 46.9 Å². The van der Waals surface area contributed by atoms with E-state index in [1.54, 1.807) is 24.7 Å². The summed E-state index contributed by atoms with van der Waals surface area (Å²) in [5.74, 6) is 2.67. The zero-order valence-electron chi connectivity index (χ0n) is 32.1. The zero-order valence-corrected chi connectivity index (χ0v) is 33.6. The van der Waals surface area contributed by atoms with E-state index in [1.807, 2.05) is 46.0 Å². The molecule has 0 spiro atoms. The molecule has 2 atom stereocenters. The quantitative estimate of drug-likeness (QED) is 0.124. The first-order valence-corrected chi connectivity index (χ1v) is 21.1. The maximum absolute atomic E-state index is 12.8. The van der Waals surface area contributed by atoms with Gasteiger partial charge in [0.1, 0.15) is 30.9 Å². The van der Waals surface area contributed by atoms with Crippen LogP contribution in [0, 0.1) is 23.2 Å². The number of ketones is 1. The average Bonchev–Trinajstić information content (AvgIpc) is 3.85. The third-order valence-corrected chi connectivity index (χ3v) is 13.0. The van der Waals surface area contributed by atoms with Gasteiger partial charge < -0.3 is 38.1 Å². The molecule has 2 aliphatic heterocycles. The van der Waals surface area contributed by atoms with Crippen LogP contribution in [-0.2, 0) is 40.9 Å². The molecule has 0 unspecified atom stereocenters. The zero-order chi connectivity index (χ0) is 38.5. The van der Waals surface area contributed by atoms with Crippen LogP contribution < -0.4 is 9.64 Å². The highest BCUT2D eigenvalue weighted by molar-refractivity contribution is 6.35. The Morgan fingerprint density at radius 2 is 1.62 bits per heavy atom. The predicted molar refractivity (Wildman–Crippen MR) is 213 cm³/mol. The lowest BCUT2D eigenvalue weighted by molar-refractivity contribution is -0.189. The minimum atomic E-state index is -1.11. The Labute approximate surface area is 339 Å². The molecule has 3 heterocycles. The molecule has 11 nitrogen and oxygen atoms in total. The van der Waals surface area contributed by atoms with E-state index in [-0.39, 0.29) is 18.6 Å². The molecule has 2 aromatic carbocycles. The highest BCUT2D eigenvalue weighted by atomic mass is 35.5. The first kappa shape index (κ1) is 39.6. The first-order valence-electron chi connectivity index (χ1n) is 20.4. The molecule has 2 saturated heterocycles. The van der Waals surface area contributed by atoms with Gasteiger partial charge in [-0.3, -0.25) is 9.59 Å². The molecule has 1 amide bonds. The summed E-state index contributed by atoms with van der Waals surface area (Å²) in [6, 6.07) is 13.3. The average molecular weight is 810 g/mol. The summed E-state index contributed by atoms with van der Waals surface area (Å²) in [5.41, 5.74) is 2.09. The van der Waals surface area contributed by atoms with E-state index >= 15 is 0 Å². The molecule has 302 valence electrons. The maximum atomic E-state index is 12.8. The lowest BCUT2D eigenvalue weighted by atomic mass is 9.48. The number of piperazine rings is 1. The number of aromatic nitrogens is 2. The summed E-state index contributed by atoms with van der Waals surface area (Å²) < 4.78 is 32.2. The number of anilines is 1. The van der Waals surface area contributed by atoms with Gasteiger partial charge in [0.25, 0.3) is 0 Å². The first-order chi connectivity index (χ1) is 27.2. The van der Waals surface area contributed by atoms with Gasteiger partial charge in [0.15, 0.2) is 0 Å². The van der Waals surface area contributed by atoms with Crippen LogP contribution in [0.4, 0.5) is 5.69 Å². The number of hydrogen-bond donors (Lipinski definition) is 0. The second-order valence-electron chi connectivity index (χ2n) is 16.7. The Kier molecular flexibility index (Phi) is 12.6. The standard InChI is InChI=1S/C43H54Cl2N4O7/c44-34-3-8-39(40(45)21-34)43(29-47-10-9-46-30-47)55-27-38(56-43)26-54-37-6-4-35(5-7-37)48-11-13-49(14-12-48)41(51)28-53-17-16-52-15-1-2-36(50)25-42-22-31-18-32(23-42)20-33(19-31)24-42/h3-10,21,30-33,38H,1-2,11-20,22-29H2/t31?,32?,33?,38-,42?,43-/m0/s1. The number of nitrogens with zero attached hydrogens (tertiary/aromatic N) is 4. The van der Waals surface area contributed by atoms with Crippen molar-refractivity contribution in [1.29, 1.82) is 0 Å². The van der Waals surface area contributed by atoms with Gasteiger partial charge in [0.05, 0.1) is 37.7 Å². The Morgan fingerprint density at radius 1 is 0.893 bits per heavy atom. The van der Waals surface area contributed by atoms with E-state index in [0.29, 0.717) is 85.9 Å². The van der Waals surface area contributed by atoms with Crippen molar-refractivity contribution in [2.45, 2.75) is 76.2 Å². The highest BCUT2D eigenvalue weighted by Gasteiger charge is 2.51. The molecule has 6 fully saturated rings. The molecule has 6 aliphatic rings. The number of halogens is 2. The number of rotatable bonds is 18. The highest BCUT2D eigenvalue weighted by Crippen LogP contribution is 2.61. The normalized spacial score (nSPS) is 28.2. The van der Waals surface area contributed by atoms with E-state index in [9.17, 15) is 9.59 Å². The summed E-state index contributed by atoms with van der Waals surface area (Å²) in [7, 11) is 0. The summed E-state index contributed by atoms with van der Waals surface area (Å²) in [6.07, 6.45) is 15.2. The number of amides is 1. The Bertz CT molecular complexity index is 1750. The fourth-order valence-corrected chi connectivity index (χ4v) is 10.9. The van der Waals surface area contributed by atoms with E-state index < -0.39 is 5.79 Å². The minimum Gasteiger partial charge on any atom is -0.491 e. The van der Waals surface area contributed by atoms with Gasteiger partial charge in [0.2, 0.25) is 11.7 Å². The molecule has 4 bridgehead atoms. The Hall–Kier alpha value is -3.19. The van der Waals surface area contributed by atoms with Gasteiger partial charge in [-0.2, -0.15) is 0 Å². The molecule has 0 radical (unpaired) electrons. The van der Waals surface area contributed by atoms with E-state index in [0.717, 1.165) is 55.1 Å². The van der Waals surface area contributed by atoms with Crippen LogP contribution >= 0.6 is 23.2 Å². The van der Waals surface area contributed by atoms with Crippen molar-refractivity contribution >= 4 is 40.6 Å². The molecule has 13 heteroatoms. The molecule has 9 rings (SSSR count). The van der Waals surface area contributed by atoms with Crippen LogP contribution in [-0.4, -0.2) is 98.1 Å². The molecule has 4 aliphatic carbocycles. The fourth-order valence-electron chi connectivity index (χ4n) is 10.4. The Morgan fingerprint density at radius 3 is 2.32 bits per heavy atom. The van der Waals surface area contributed by atoms with Gasteiger partial charge in [0, 0.05) is 74.3 Å². The molecule has 1 aromatic heterocycles.